The molecule has 49 valence electrons. The minimum atomic E-state index is 0.381. The first kappa shape index (κ1) is 6.13. The van der Waals surface area contributed by atoms with E-state index in [2.05, 4.69) is 12.1 Å². The Hall–Kier alpha value is -0.990. The van der Waals surface area contributed by atoms with Crippen molar-refractivity contribution in [2.24, 2.45) is 0 Å². The topological polar surface area (TPSA) is 35.3 Å². The van der Waals surface area contributed by atoms with Crippen LogP contribution in [0, 0.1) is 13.8 Å². The SMILES string of the molecule is [CH2]COc1cc(C)on1. The molecule has 3 nitrogen and oxygen atoms in total. The van der Waals surface area contributed by atoms with Gasteiger partial charge in [0, 0.05) is 6.07 Å². The minimum absolute atomic E-state index is 0.381. The summed E-state index contributed by atoms with van der Waals surface area (Å²) in [6.07, 6.45) is 0. The average Bonchev–Trinajstić information content (AvgIpc) is 2.17. The van der Waals surface area contributed by atoms with Gasteiger partial charge in [0.1, 0.15) is 5.76 Å². The molecule has 0 aliphatic carbocycles. The highest BCUT2D eigenvalue weighted by Gasteiger charge is 1.96. The molecule has 1 aromatic rings. The lowest BCUT2D eigenvalue weighted by atomic mass is 10.5. The Kier molecular flexibility index (Phi) is 1.72. The molecule has 0 unspecified atom stereocenters. The molecule has 0 aliphatic rings. The molecule has 0 saturated heterocycles. The zero-order valence-corrected chi connectivity index (χ0v) is 5.26. The Morgan fingerprint density at radius 3 is 3.11 bits per heavy atom. The van der Waals surface area contributed by atoms with Crippen molar-refractivity contribution in [2.45, 2.75) is 6.92 Å². The van der Waals surface area contributed by atoms with Gasteiger partial charge in [-0.25, -0.2) is 0 Å². The van der Waals surface area contributed by atoms with E-state index in [4.69, 9.17) is 9.26 Å². The van der Waals surface area contributed by atoms with Crippen LogP contribution in [0.25, 0.3) is 0 Å². The molecule has 9 heavy (non-hydrogen) atoms. The van der Waals surface area contributed by atoms with Gasteiger partial charge in [-0.05, 0) is 19.0 Å². The van der Waals surface area contributed by atoms with E-state index in [9.17, 15) is 0 Å². The highest BCUT2D eigenvalue weighted by molar-refractivity contribution is 5.09. The molecule has 1 aromatic heterocycles. The smallest absolute Gasteiger partial charge is 0.254 e. The second-order valence-corrected chi connectivity index (χ2v) is 1.62. The quantitative estimate of drug-likeness (QED) is 0.597. The third kappa shape index (κ3) is 1.45. The molecule has 1 rings (SSSR count). The van der Waals surface area contributed by atoms with Crippen LogP contribution in [0.15, 0.2) is 10.6 Å². The predicted molar refractivity (Wildman–Crippen MR) is 32.1 cm³/mol. The Bertz CT molecular complexity index is 183. The average molecular weight is 126 g/mol. The van der Waals surface area contributed by atoms with Crippen molar-refractivity contribution in [3.63, 3.8) is 0 Å². The fourth-order valence-electron chi connectivity index (χ4n) is 0.516. The fraction of sp³-hybridized carbons (Fsp3) is 0.333. The molecule has 0 aromatic carbocycles. The van der Waals surface area contributed by atoms with Crippen LogP contribution in [0.5, 0.6) is 5.88 Å². The number of hydrogen-bond donors (Lipinski definition) is 0. The number of aryl methyl sites for hydroxylation is 1. The largest absolute Gasteiger partial charge is 0.476 e. The Labute approximate surface area is 53.6 Å². The van der Waals surface area contributed by atoms with Gasteiger partial charge in [-0.15, -0.1) is 0 Å². The first-order chi connectivity index (χ1) is 4.33. The molecule has 0 bridgehead atoms. The van der Waals surface area contributed by atoms with Gasteiger partial charge in [0.25, 0.3) is 5.88 Å². The minimum Gasteiger partial charge on any atom is -0.476 e. The third-order valence-corrected chi connectivity index (χ3v) is 0.856. The van der Waals surface area contributed by atoms with Crippen LogP contribution in [0.4, 0.5) is 0 Å². The van der Waals surface area contributed by atoms with Gasteiger partial charge in [0.15, 0.2) is 0 Å². The van der Waals surface area contributed by atoms with Crippen molar-refractivity contribution < 1.29 is 9.26 Å². The summed E-state index contributed by atoms with van der Waals surface area (Å²) in [4.78, 5) is 0. The summed E-state index contributed by atoms with van der Waals surface area (Å²) in [6.45, 7) is 5.68. The van der Waals surface area contributed by atoms with Gasteiger partial charge in [-0.1, -0.05) is 0 Å². The maximum atomic E-state index is 4.91. The van der Waals surface area contributed by atoms with Gasteiger partial charge >= 0.3 is 0 Å². The highest BCUT2D eigenvalue weighted by atomic mass is 16.5. The summed E-state index contributed by atoms with van der Waals surface area (Å²) in [6, 6.07) is 1.71. The summed E-state index contributed by atoms with van der Waals surface area (Å²) >= 11 is 0. The molecule has 0 amide bonds. The number of nitrogens with zero attached hydrogens (tertiary/aromatic N) is 1. The molecule has 0 fully saturated rings. The zero-order chi connectivity index (χ0) is 6.69. The van der Waals surface area contributed by atoms with Gasteiger partial charge < -0.3 is 9.26 Å². The number of aromatic nitrogens is 1. The standard InChI is InChI=1S/C6H8NO2/c1-3-8-6-4-5(2)9-7-6/h4H,1,3H2,2H3. The van der Waals surface area contributed by atoms with E-state index in [1.807, 2.05) is 6.92 Å². The molecular formula is C6H8NO2. The van der Waals surface area contributed by atoms with Crippen molar-refractivity contribution >= 4 is 0 Å². The molecule has 1 radical (unpaired) electrons. The molecule has 0 aliphatic heterocycles. The fourth-order valence-corrected chi connectivity index (χ4v) is 0.516. The second kappa shape index (κ2) is 2.53. The molecular weight excluding hydrogens is 118 g/mol. The summed E-state index contributed by atoms with van der Waals surface area (Å²) in [5.74, 6) is 1.25. The van der Waals surface area contributed by atoms with Crippen LogP contribution < -0.4 is 4.74 Å². The van der Waals surface area contributed by atoms with Crippen LogP contribution in [0.1, 0.15) is 5.76 Å². The van der Waals surface area contributed by atoms with Crippen LogP contribution in [-0.2, 0) is 0 Å². The van der Waals surface area contributed by atoms with Crippen LogP contribution in [-0.4, -0.2) is 11.8 Å². The van der Waals surface area contributed by atoms with E-state index in [0.717, 1.165) is 5.76 Å². The van der Waals surface area contributed by atoms with E-state index in [1.165, 1.54) is 0 Å². The Balaban J connectivity index is 2.61. The number of hydrogen-bond acceptors (Lipinski definition) is 3. The molecule has 0 saturated carbocycles. The first-order valence-electron chi connectivity index (χ1n) is 2.68. The van der Waals surface area contributed by atoms with Gasteiger partial charge in [0.2, 0.25) is 0 Å². The summed E-state index contributed by atoms with van der Waals surface area (Å²) in [7, 11) is 0. The maximum absolute atomic E-state index is 4.91. The highest BCUT2D eigenvalue weighted by Crippen LogP contribution is 2.08. The van der Waals surface area contributed by atoms with Crippen molar-refractivity contribution in [3.8, 4) is 5.88 Å². The molecule has 0 spiro atoms. The Morgan fingerprint density at radius 2 is 2.67 bits per heavy atom. The normalized spacial score (nSPS) is 9.56. The summed E-state index contributed by atoms with van der Waals surface area (Å²) in [5.41, 5.74) is 0. The van der Waals surface area contributed by atoms with Gasteiger partial charge in [-0.2, -0.15) is 0 Å². The molecule has 0 N–H and O–H groups in total. The zero-order valence-electron chi connectivity index (χ0n) is 5.26. The number of rotatable bonds is 2. The van der Waals surface area contributed by atoms with Crippen LogP contribution in [0.2, 0.25) is 0 Å². The number of ether oxygens (including phenoxy) is 1. The maximum Gasteiger partial charge on any atom is 0.254 e. The summed E-state index contributed by atoms with van der Waals surface area (Å²) < 4.78 is 9.62. The van der Waals surface area contributed by atoms with E-state index in [-0.39, 0.29) is 0 Å². The van der Waals surface area contributed by atoms with Crippen LogP contribution >= 0.6 is 0 Å². The lowest BCUT2D eigenvalue weighted by Gasteiger charge is -1.90. The Morgan fingerprint density at radius 1 is 1.89 bits per heavy atom. The lowest BCUT2D eigenvalue weighted by molar-refractivity contribution is 0.304. The van der Waals surface area contributed by atoms with E-state index >= 15 is 0 Å². The van der Waals surface area contributed by atoms with Crippen molar-refractivity contribution in [2.75, 3.05) is 6.61 Å². The van der Waals surface area contributed by atoms with E-state index < -0.39 is 0 Å². The van der Waals surface area contributed by atoms with Crippen molar-refractivity contribution in [1.82, 2.24) is 5.16 Å². The van der Waals surface area contributed by atoms with Crippen molar-refractivity contribution in [1.29, 1.82) is 0 Å². The predicted octanol–water partition coefficient (Wildman–Crippen LogP) is 1.20. The lowest BCUT2D eigenvalue weighted by Crippen LogP contribution is -1.90. The monoisotopic (exact) mass is 126 g/mol. The summed E-state index contributed by atoms with van der Waals surface area (Å²) in [5, 5.41) is 3.57. The molecule has 0 atom stereocenters. The van der Waals surface area contributed by atoms with E-state index in [1.54, 1.807) is 6.07 Å². The third-order valence-electron chi connectivity index (χ3n) is 0.856. The van der Waals surface area contributed by atoms with Gasteiger partial charge in [-0.3, -0.25) is 0 Å². The van der Waals surface area contributed by atoms with Crippen molar-refractivity contribution in [3.05, 3.63) is 18.8 Å². The van der Waals surface area contributed by atoms with Gasteiger partial charge in [0.05, 0.1) is 6.61 Å². The molecule has 3 heteroatoms. The first-order valence-corrected chi connectivity index (χ1v) is 2.68. The second-order valence-electron chi connectivity index (χ2n) is 1.62. The molecule has 1 heterocycles. The van der Waals surface area contributed by atoms with E-state index in [0.29, 0.717) is 12.5 Å². The van der Waals surface area contributed by atoms with Crippen LogP contribution in [0.3, 0.4) is 0 Å².